The van der Waals surface area contributed by atoms with E-state index in [-0.39, 0.29) is 11.4 Å². The predicted molar refractivity (Wildman–Crippen MR) is 99.6 cm³/mol. The molecule has 1 unspecified atom stereocenters. The summed E-state index contributed by atoms with van der Waals surface area (Å²) in [4.78, 5) is 20.7. The monoisotopic (exact) mass is 351 g/mol. The quantitative estimate of drug-likeness (QED) is 0.580. The molecular formula is C20H18FN3O2. The van der Waals surface area contributed by atoms with E-state index in [1.807, 2.05) is 13.0 Å². The van der Waals surface area contributed by atoms with E-state index in [2.05, 4.69) is 9.97 Å². The Labute approximate surface area is 148 Å². The first-order valence-corrected chi connectivity index (χ1v) is 8.33. The fourth-order valence-corrected chi connectivity index (χ4v) is 3.34. The molecule has 0 fully saturated rings. The minimum absolute atomic E-state index is 0.194. The van der Waals surface area contributed by atoms with Crippen LogP contribution in [0.5, 0.6) is 0 Å². The van der Waals surface area contributed by atoms with E-state index in [0.29, 0.717) is 33.4 Å². The normalized spacial score (nSPS) is 12.8. The predicted octanol–water partition coefficient (Wildman–Crippen LogP) is 3.58. The minimum Gasteiger partial charge on any atom is -0.389 e. The van der Waals surface area contributed by atoms with Gasteiger partial charge >= 0.3 is 0 Å². The maximum Gasteiger partial charge on any atom is 0.261 e. The number of H-pyrrole nitrogens is 1. The SMILES string of the molecule is Cc1cc(C(C)O)c2nc(-c3cc4cc(F)ccc4[nH]3)n(C)c(=O)c2c1. The molecular weight excluding hydrogens is 333 g/mol. The number of aromatic amines is 1. The van der Waals surface area contributed by atoms with E-state index in [0.717, 1.165) is 11.1 Å². The lowest BCUT2D eigenvalue weighted by molar-refractivity contribution is 0.200. The molecule has 5 nitrogen and oxygen atoms in total. The maximum atomic E-state index is 13.5. The average molecular weight is 351 g/mol. The molecule has 0 bridgehead atoms. The van der Waals surface area contributed by atoms with Gasteiger partial charge in [0.1, 0.15) is 5.82 Å². The maximum absolute atomic E-state index is 13.5. The Hall–Kier alpha value is -2.99. The van der Waals surface area contributed by atoms with Gasteiger partial charge in [0.2, 0.25) is 0 Å². The fourth-order valence-electron chi connectivity index (χ4n) is 3.34. The third-order valence-corrected chi connectivity index (χ3v) is 4.63. The highest BCUT2D eigenvalue weighted by molar-refractivity contribution is 5.87. The molecule has 0 aliphatic rings. The molecule has 2 heterocycles. The summed E-state index contributed by atoms with van der Waals surface area (Å²) in [6, 6.07) is 9.84. The van der Waals surface area contributed by atoms with Crippen molar-refractivity contribution in [1.82, 2.24) is 14.5 Å². The van der Waals surface area contributed by atoms with Gasteiger partial charge in [0, 0.05) is 23.5 Å². The zero-order valence-electron chi connectivity index (χ0n) is 14.7. The molecule has 0 saturated heterocycles. The van der Waals surface area contributed by atoms with Crippen molar-refractivity contribution in [2.24, 2.45) is 7.05 Å². The number of aliphatic hydroxyl groups is 1. The molecule has 2 aromatic carbocycles. The van der Waals surface area contributed by atoms with Crippen LogP contribution < -0.4 is 5.56 Å². The second kappa shape index (κ2) is 5.78. The minimum atomic E-state index is -0.748. The largest absolute Gasteiger partial charge is 0.389 e. The molecule has 0 radical (unpaired) electrons. The van der Waals surface area contributed by atoms with E-state index >= 15 is 0 Å². The number of halogens is 1. The van der Waals surface area contributed by atoms with Crippen molar-refractivity contribution in [2.75, 3.05) is 0 Å². The number of rotatable bonds is 2. The Bertz CT molecular complexity index is 1220. The summed E-state index contributed by atoms with van der Waals surface area (Å²) in [5, 5.41) is 11.3. The van der Waals surface area contributed by atoms with E-state index in [1.54, 1.807) is 32.2 Å². The van der Waals surface area contributed by atoms with Gasteiger partial charge in [-0.3, -0.25) is 9.36 Å². The van der Waals surface area contributed by atoms with Crippen molar-refractivity contribution in [3.8, 4) is 11.5 Å². The van der Waals surface area contributed by atoms with Crippen LogP contribution in [-0.4, -0.2) is 19.6 Å². The number of nitrogens with zero attached hydrogens (tertiary/aromatic N) is 2. The molecule has 0 spiro atoms. The van der Waals surface area contributed by atoms with Crippen molar-refractivity contribution in [1.29, 1.82) is 0 Å². The summed E-state index contributed by atoms with van der Waals surface area (Å²) in [7, 11) is 1.65. The Morgan fingerprint density at radius 2 is 2.00 bits per heavy atom. The molecule has 0 amide bonds. The van der Waals surface area contributed by atoms with Crippen molar-refractivity contribution < 1.29 is 9.50 Å². The van der Waals surface area contributed by atoms with E-state index < -0.39 is 6.10 Å². The second-order valence-electron chi connectivity index (χ2n) is 6.64. The lowest BCUT2D eigenvalue weighted by Crippen LogP contribution is -2.21. The van der Waals surface area contributed by atoms with Gasteiger partial charge in [-0.2, -0.15) is 0 Å². The van der Waals surface area contributed by atoms with Crippen LogP contribution >= 0.6 is 0 Å². The molecule has 4 rings (SSSR count). The number of fused-ring (bicyclic) bond motifs is 2. The van der Waals surface area contributed by atoms with Crippen molar-refractivity contribution in [3.63, 3.8) is 0 Å². The van der Waals surface area contributed by atoms with E-state index in [4.69, 9.17) is 0 Å². The number of aryl methyl sites for hydroxylation is 1. The highest BCUT2D eigenvalue weighted by Crippen LogP contribution is 2.27. The zero-order chi connectivity index (χ0) is 18.6. The van der Waals surface area contributed by atoms with E-state index in [9.17, 15) is 14.3 Å². The van der Waals surface area contributed by atoms with Crippen LogP contribution in [0.3, 0.4) is 0 Å². The van der Waals surface area contributed by atoms with Gasteiger partial charge < -0.3 is 10.1 Å². The first-order valence-electron chi connectivity index (χ1n) is 8.33. The highest BCUT2D eigenvalue weighted by Gasteiger charge is 2.17. The summed E-state index contributed by atoms with van der Waals surface area (Å²) in [5.74, 6) is 0.111. The van der Waals surface area contributed by atoms with Crippen LogP contribution in [-0.2, 0) is 7.05 Å². The third-order valence-electron chi connectivity index (χ3n) is 4.63. The standard InChI is InChI=1S/C20H18FN3O2/c1-10-6-14(11(2)25)18-15(7-10)20(26)24(3)19(23-18)17-9-12-8-13(21)4-5-16(12)22-17/h4-9,11,22,25H,1-3H3. The van der Waals surface area contributed by atoms with Gasteiger partial charge in [0.15, 0.2) is 5.82 Å². The molecule has 2 N–H and O–H groups in total. The van der Waals surface area contributed by atoms with E-state index in [1.165, 1.54) is 16.7 Å². The number of aliphatic hydroxyl groups excluding tert-OH is 1. The van der Waals surface area contributed by atoms with Crippen molar-refractivity contribution >= 4 is 21.8 Å². The molecule has 1 atom stereocenters. The topological polar surface area (TPSA) is 70.9 Å². The van der Waals surface area contributed by atoms with Crippen molar-refractivity contribution in [2.45, 2.75) is 20.0 Å². The molecule has 0 saturated carbocycles. The lowest BCUT2D eigenvalue weighted by Gasteiger charge is -2.13. The van der Waals surface area contributed by atoms with Gasteiger partial charge in [-0.05, 0) is 49.7 Å². The Kier molecular flexibility index (Phi) is 3.66. The van der Waals surface area contributed by atoms with Crippen molar-refractivity contribution in [3.05, 3.63) is 63.7 Å². The van der Waals surface area contributed by atoms with Crippen LogP contribution in [0, 0.1) is 12.7 Å². The zero-order valence-corrected chi connectivity index (χ0v) is 14.7. The van der Waals surface area contributed by atoms with Crippen LogP contribution in [0.2, 0.25) is 0 Å². The third kappa shape index (κ3) is 2.50. The first kappa shape index (κ1) is 16.5. The molecule has 132 valence electrons. The molecule has 0 aliphatic carbocycles. The van der Waals surface area contributed by atoms with Crippen LogP contribution in [0.25, 0.3) is 33.3 Å². The summed E-state index contributed by atoms with van der Waals surface area (Å²) in [6.07, 6.45) is -0.748. The Balaban J connectivity index is 2.06. The van der Waals surface area contributed by atoms with Gasteiger partial charge in [-0.15, -0.1) is 0 Å². The lowest BCUT2D eigenvalue weighted by atomic mass is 10.0. The van der Waals surface area contributed by atoms with Gasteiger partial charge in [0.05, 0.1) is 22.7 Å². The van der Waals surface area contributed by atoms with Crippen LogP contribution in [0.15, 0.2) is 41.2 Å². The number of hydrogen-bond donors (Lipinski definition) is 2. The molecule has 6 heteroatoms. The summed E-state index contributed by atoms with van der Waals surface area (Å²) in [6.45, 7) is 3.53. The summed E-state index contributed by atoms with van der Waals surface area (Å²) < 4.78 is 14.9. The highest BCUT2D eigenvalue weighted by atomic mass is 19.1. The molecule has 26 heavy (non-hydrogen) atoms. The number of aromatic nitrogens is 3. The number of hydrogen-bond acceptors (Lipinski definition) is 3. The molecule has 2 aromatic heterocycles. The molecule has 4 aromatic rings. The fraction of sp³-hybridized carbons (Fsp3) is 0.200. The van der Waals surface area contributed by atoms with Gasteiger partial charge in [-0.25, -0.2) is 9.37 Å². The first-order chi connectivity index (χ1) is 12.3. The Morgan fingerprint density at radius 3 is 2.73 bits per heavy atom. The van der Waals surface area contributed by atoms with Gasteiger partial charge in [-0.1, -0.05) is 6.07 Å². The summed E-state index contributed by atoms with van der Waals surface area (Å²) in [5.41, 5.74) is 3.16. The Morgan fingerprint density at radius 1 is 1.23 bits per heavy atom. The number of nitrogens with one attached hydrogen (secondary N) is 1. The van der Waals surface area contributed by atoms with Crippen LogP contribution in [0.4, 0.5) is 4.39 Å². The molecule has 0 aliphatic heterocycles. The smallest absolute Gasteiger partial charge is 0.261 e. The van der Waals surface area contributed by atoms with Crippen LogP contribution in [0.1, 0.15) is 24.2 Å². The summed E-state index contributed by atoms with van der Waals surface area (Å²) >= 11 is 0. The van der Waals surface area contributed by atoms with Gasteiger partial charge in [0.25, 0.3) is 5.56 Å². The second-order valence-corrected chi connectivity index (χ2v) is 6.64. The number of benzene rings is 2. The average Bonchev–Trinajstić information content (AvgIpc) is 3.00.